The topological polar surface area (TPSA) is 86.8 Å². The number of sulfonamides is 1. The monoisotopic (exact) mass is 489 g/mol. The van der Waals surface area contributed by atoms with Crippen molar-refractivity contribution in [2.75, 3.05) is 32.5 Å². The van der Waals surface area contributed by atoms with E-state index in [1.54, 1.807) is 38.4 Å². The summed E-state index contributed by atoms with van der Waals surface area (Å²) in [5.41, 5.74) is 3.24. The SMILES string of the molecule is CN(C)C(=O)c1ccc(NC(=O)C2CCN(S(=O)(=O)c3ccc4c(c3)CCC4)CC2)cc1Cl. The second-order valence-corrected chi connectivity index (χ2v) is 11.2. The second-order valence-electron chi connectivity index (χ2n) is 8.85. The molecule has 9 heteroatoms. The number of piperidine rings is 1. The zero-order chi connectivity index (χ0) is 23.8. The molecule has 0 atom stereocenters. The van der Waals surface area contributed by atoms with E-state index in [0.29, 0.717) is 42.1 Å². The van der Waals surface area contributed by atoms with Crippen molar-refractivity contribution in [3.63, 3.8) is 0 Å². The first kappa shape index (κ1) is 23.7. The second kappa shape index (κ2) is 9.44. The Morgan fingerprint density at radius 2 is 1.73 bits per heavy atom. The van der Waals surface area contributed by atoms with E-state index in [2.05, 4.69) is 5.32 Å². The van der Waals surface area contributed by atoms with Gasteiger partial charge in [0.25, 0.3) is 5.91 Å². The van der Waals surface area contributed by atoms with E-state index in [4.69, 9.17) is 11.6 Å². The molecule has 1 aliphatic heterocycles. The van der Waals surface area contributed by atoms with Crippen LogP contribution in [0.5, 0.6) is 0 Å². The molecule has 33 heavy (non-hydrogen) atoms. The quantitative estimate of drug-likeness (QED) is 0.695. The highest BCUT2D eigenvalue weighted by atomic mass is 35.5. The number of anilines is 1. The van der Waals surface area contributed by atoms with Crippen LogP contribution in [0.3, 0.4) is 0 Å². The van der Waals surface area contributed by atoms with Gasteiger partial charge in [-0.25, -0.2) is 8.42 Å². The number of carbonyl (C=O) groups is 2. The molecule has 4 rings (SSSR count). The molecule has 0 saturated carbocycles. The number of rotatable bonds is 5. The fourth-order valence-corrected chi connectivity index (χ4v) is 6.25. The van der Waals surface area contributed by atoms with Gasteiger partial charge in [0, 0.05) is 38.8 Å². The van der Waals surface area contributed by atoms with Crippen LogP contribution in [0.25, 0.3) is 0 Å². The Bertz CT molecular complexity index is 1190. The zero-order valence-electron chi connectivity index (χ0n) is 18.8. The predicted octanol–water partition coefficient (Wildman–Crippen LogP) is 3.57. The van der Waals surface area contributed by atoms with Crippen LogP contribution < -0.4 is 5.32 Å². The molecule has 1 heterocycles. The molecule has 1 saturated heterocycles. The van der Waals surface area contributed by atoms with Gasteiger partial charge in [0.1, 0.15) is 0 Å². The van der Waals surface area contributed by atoms with Crippen molar-refractivity contribution < 1.29 is 18.0 Å². The fraction of sp³-hybridized carbons (Fsp3) is 0.417. The first-order chi connectivity index (χ1) is 15.7. The van der Waals surface area contributed by atoms with Crippen LogP contribution >= 0.6 is 11.6 Å². The van der Waals surface area contributed by atoms with Gasteiger partial charge >= 0.3 is 0 Å². The van der Waals surface area contributed by atoms with Crippen molar-refractivity contribution in [2.24, 2.45) is 5.92 Å². The van der Waals surface area contributed by atoms with E-state index in [9.17, 15) is 18.0 Å². The lowest BCUT2D eigenvalue weighted by molar-refractivity contribution is -0.120. The summed E-state index contributed by atoms with van der Waals surface area (Å²) in [6, 6.07) is 10.2. The Balaban J connectivity index is 1.37. The minimum absolute atomic E-state index is 0.174. The van der Waals surface area contributed by atoms with Crippen molar-refractivity contribution >= 4 is 39.1 Å². The minimum atomic E-state index is -3.57. The number of carbonyl (C=O) groups excluding carboxylic acids is 2. The molecule has 2 aromatic rings. The van der Waals surface area contributed by atoms with Crippen LogP contribution in [-0.2, 0) is 27.7 Å². The van der Waals surface area contributed by atoms with Crippen molar-refractivity contribution in [3.05, 3.63) is 58.1 Å². The molecule has 2 amide bonds. The molecule has 176 valence electrons. The lowest BCUT2D eigenvalue weighted by Crippen LogP contribution is -2.41. The Kier molecular flexibility index (Phi) is 6.79. The van der Waals surface area contributed by atoms with E-state index in [-0.39, 0.29) is 22.8 Å². The Labute approximate surface area is 199 Å². The average molecular weight is 490 g/mol. The summed E-state index contributed by atoms with van der Waals surface area (Å²) in [5, 5.41) is 3.11. The molecule has 1 aliphatic carbocycles. The highest BCUT2D eigenvalue weighted by molar-refractivity contribution is 7.89. The van der Waals surface area contributed by atoms with Crippen molar-refractivity contribution in [2.45, 2.75) is 37.0 Å². The number of hydrogen-bond acceptors (Lipinski definition) is 4. The third-order valence-corrected chi connectivity index (χ3v) is 8.61. The molecule has 0 radical (unpaired) electrons. The lowest BCUT2D eigenvalue weighted by Gasteiger charge is -2.30. The lowest BCUT2D eigenvalue weighted by atomic mass is 9.97. The number of nitrogens with zero attached hydrogens (tertiary/aromatic N) is 2. The molecule has 2 aromatic carbocycles. The summed E-state index contributed by atoms with van der Waals surface area (Å²) in [4.78, 5) is 26.7. The van der Waals surface area contributed by atoms with E-state index >= 15 is 0 Å². The number of hydrogen-bond donors (Lipinski definition) is 1. The van der Waals surface area contributed by atoms with Gasteiger partial charge in [-0.2, -0.15) is 4.31 Å². The number of benzene rings is 2. The standard InChI is InChI=1S/C24H28ClN3O4S/c1-27(2)24(30)21-9-7-19(15-22(21)25)26-23(29)17-10-12-28(13-11-17)33(31,32)20-8-6-16-4-3-5-18(16)14-20/h6-9,14-15,17H,3-5,10-13H2,1-2H3,(H,26,29). The smallest absolute Gasteiger partial charge is 0.254 e. The molecule has 0 unspecified atom stereocenters. The van der Waals surface area contributed by atoms with E-state index < -0.39 is 10.0 Å². The summed E-state index contributed by atoms with van der Waals surface area (Å²) in [6.45, 7) is 0.600. The largest absolute Gasteiger partial charge is 0.345 e. The van der Waals surface area contributed by atoms with E-state index in [1.165, 1.54) is 14.8 Å². The Hall–Kier alpha value is -2.42. The predicted molar refractivity (Wildman–Crippen MR) is 128 cm³/mol. The zero-order valence-corrected chi connectivity index (χ0v) is 20.4. The van der Waals surface area contributed by atoms with Crippen LogP contribution in [0, 0.1) is 5.92 Å². The number of nitrogens with one attached hydrogen (secondary N) is 1. The molecule has 7 nitrogen and oxygen atoms in total. The summed E-state index contributed by atoms with van der Waals surface area (Å²) in [6.07, 6.45) is 3.90. The molecule has 0 spiro atoms. The molecule has 0 bridgehead atoms. The van der Waals surface area contributed by atoms with Gasteiger partial charge in [-0.05, 0) is 73.6 Å². The maximum absolute atomic E-state index is 13.1. The minimum Gasteiger partial charge on any atom is -0.345 e. The molecular formula is C24H28ClN3O4S. The van der Waals surface area contributed by atoms with Crippen LogP contribution in [-0.4, -0.2) is 56.6 Å². The van der Waals surface area contributed by atoms with Crippen LogP contribution in [0.15, 0.2) is 41.3 Å². The van der Waals surface area contributed by atoms with Crippen LogP contribution in [0.1, 0.15) is 40.7 Å². The highest BCUT2D eigenvalue weighted by Crippen LogP contribution is 2.29. The number of aryl methyl sites for hydroxylation is 2. The van der Waals surface area contributed by atoms with E-state index in [1.807, 2.05) is 12.1 Å². The van der Waals surface area contributed by atoms with E-state index in [0.717, 1.165) is 24.8 Å². The number of halogens is 1. The maximum atomic E-state index is 13.1. The first-order valence-electron chi connectivity index (χ1n) is 11.1. The summed E-state index contributed by atoms with van der Waals surface area (Å²) < 4.78 is 27.7. The maximum Gasteiger partial charge on any atom is 0.254 e. The highest BCUT2D eigenvalue weighted by Gasteiger charge is 2.32. The summed E-state index contributed by atoms with van der Waals surface area (Å²) >= 11 is 6.23. The molecular weight excluding hydrogens is 462 g/mol. The Morgan fingerprint density at radius 3 is 2.39 bits per heavy atom. The number of fused-ring (bicyclic) bond motifs is 1. The average Bonchev–Trinajstić information content (AvgIpc) is 3.27. The molecule has 0 aromatic heterocycles. The van der Waals surface area contributed by atoms with Gasteiger partial charge in [0.15, 0.2) is 0 Å². The van der Waals surface area contributed by atoms with Crippen LogP contribution in [0.2, 0.25) is 5.02 Å². The van der Waals surface area contributed by atoms with Gasteiger partial charge in [-0.15, -0.1) is 0 Å². The molecule has 2 aliphatic rings. The normalized spacial score (nSPS) is 16.9. The van der Waals surface area contributed by atoms with Crippen LogP contribution in [0.4, 0.5) is 5.69 Å². The van der Waals surface area contributed by atoms with Crippen molar-refractivity contribution in [1.29, 1.82) is 0 Å². The Morgan fingerprint density at radius 1 is 1.03 bits per heavy atom. The summed E-state index contributed by atoms with van der Waals surface area (Å²) in [7, 11) is -0.281. The number of amides is 2. The van der Waals surface area contributed by atoms with Crippen molar-refractivity contribution in [1.82, 2.24) is 9.21 Å². The first-order valence-corrected chi connectivity index (χ1v) is 12.9. The van der Waals surface area contributed by atoms with Gasteiger partial charge < -0.3 is 10.2 Å². The molecule has 1 N–H and O–H groups in total. The third-order valence-electron chi connectivity index (χ3n) is 6.41. The fourth-order valence-electron chi connectivity index (χ4n) is 4.47. The summed E-state index contributed by atoms with van der Waals surface area (Å²) in [5.74, 6) is -0.680. The van der Waals surface area contributed by atoms with Gasteiger partial charge in [0.05, 0.1) is 15.5 Å². The van der Waals surface area contributed by atoms with Gasteiger partial charge in [-0.3, -0.25) is 9.59 Å². The van der Waals surface area contributed by atoms with Gasteiger partial charge in [-0.1, -0.05) is 17.7 Å². The third kappa shape index (κ3) is 4.93. The van der Waals surface area contributed by atoms with Gasteiger partial charge in [0.2, 0.25) is 15.9 Å². The molecule has 1 fully saturated rings. The van der Waals surface area contributed by atoms with Crippen molar-refractivity contribution in [3.8, 4) is 0 Å².